The van der Waals surface area contributed by atoms with Crippen molar-refractivity contribution >= 4 is 11.8 Å². The third kappa shape index (κ3) is 6.68. The van der Waals surface area contributed by atoms with Crippen LogP contribution in [0.1, 0.15) is 0 Å². The quantitative estimate of drug-likeness (QED) is 0.513. The van der Waals surface area contributed by atoms with Gasteiger partial charge in [-0.15, -0.1) is 13.2 Å². The molecule has 2 aromatic rings. The van der Waals surface area contributed by atoms with Crippen molar-refractivity contribution in [1.82, 2.24) is 0 Å². The molecule has 0 fully saturated rings. The first-order valence-electron chi connectivity index (χ1n) is 6.28. The van der Waals surface area contributed by atoms with Crippen LogP contribution in [-0.2, 0) is 0 Å². The summed E-state index contributed by atoms with van der Waals surface area (Å²) in [6.07, 6.45) is 3.79. The molecule has 19 heavy (non-hydrogen) atoms. The highest BCUT2D eigenvalue weighted by atomic mass is 32.2. The summed E-state index contributed by atoms with van der Waals surface area (Å²) in [5.74, 6) is 2.07. The normalized spacial score (nSPS) is 9.05. The van der Waals surface area contributed by atoms with Crippen LogP contribution in [-0.4, -0.2) is 11.5 Å². The molecule has 0 saturated heterocycles. The van der Waals surface area contributed by atoms with E-state index in [1.807, 2.05) is 36.0 Å². The van der Waals surface area contributed by atoms with Gasteiger partial charge in [0.05, 0.1) is 0 Å². The lowest BCUT2D eigenvalue weighted by molar-refractivity contribution is 1.62. The number of thioether (sulfide) groups is 1. The van der Waals surface area contributed by atoms with E-state index in [-0.39, 0.29) is 0 Å². The summed E-state index contributed by atoms with van der Waals surface area (Å²) < 4.78 is 0. The van der Waals surface area contributed by atoms with Crippen molar-refractivity contribution in [2.45, 2.75) is 0 Å². The Hall–Kier alpha value is -1.73. The monoisotopic (exact) mass is 268 g/mol. The minimum absolute atomic E-state index is 1.03. The highest BCUT2D eigenvalue weighted by molar-refractivity contribution is 7.99. The zero-order valence-corrected chi connectivity index (χ0v) is 12.0. The lowest BCUT2D eigenvalue weighted by Crippen LogP contribution is -1.73. The molecule has 0 nitrogen and oxygen atoms in total. The number of hydrogen-bond donors (Lipinski definition) is 0. The zero-order valence-electron chi connectivity index (χ0n) is 11.2. The highest BCUT2D eigenvalue weighted by Gasteiger charge is 1.91. The van der Waals surface area contributed by atoms with Gasteiger partial charge in [0.1, 0.15) is 0 Å². The first kappa shape index (κ1) is 15.3. The fourth-order valence-corrected chi connectivity index (χ4v) is 1.97. The van der Waals surface area contributed by atoms with Gasteiger partial charge in [0.2, 0.25) is 0 Å². The van der Waals surface area contributed by atoms with E-state index in [1.54, 1.807) is 0 Å². The molecule has 0 unspecified atom stereocenters. The van der Waals surface area contributed by atoms with Crippen molar-refractivity contribution in [3.8, 4) is 11.1 Å². The lowest BCUT2D eigenvalue weighted by Gasteiger charge is -1.98. The van der Waals surface area contributed by atoms with Gasteiger partial charge in [-0.1, -0.05) is 72.8 Å². The molecule has 0 aromatic heterocycles. The minimum Gasteiger partial charge on any atom is -0.154 e. The lowest BCUT2D eigenvalue weighted by atomic mass is 10.1. The Labute approximate surface area is 120 Å². The average molecular weight is 268 g/mol. The van der Waals surface area contributed by atoms with E-state index in [0.717, 1.165) is 11.5 Å². The van der Waals surface area contributed by atoms with Crippen LogP contribution < -0.4 is 0 Å². The van der Waals surface area contributed by atoms with Gasteiger partial charge in [-0.25, -0.2) is 0 Å². The molecule has 0 saturated carbocycles. The van der Waals surface area contributed by atoms with Crippen molar-refractivity contribution in [3.63, 3.8) is 0 Å². The molecule has 0 aliphatic carbocycles. The molecule has 1 heteroatoms. The Bertz CT molecular complexity index is 414. The second-order valence-corrected chi connectivity index (χ2v) is 4.92. The van der Waals surface area contributed by atoms with Crippen LogP contribution in [0.15, 0.2) is 86.0 Å². The first-order chi connectivity index (χ1) is 9.38. The predicted molar refractivity (Wildman–Crippen MR) is 89.6 cm³/mol. The maximum atomic E-state index is 3.58. The Morgan fingerprint density at radius 2 is 1.05 bits per heavy atom. The van der Waals surface area contributed by atoms with E-state index < -0.39 is 0 Å². The number of benzene rings is 2. The van der Waals surface area contributed by atoms with Crippen LogP contribution in [0.25, 0.3) is 11.1 Å². The van der Waals surface area contributed by atoms with E-state index in [4.69, 9.17) is 0 Å². The topological polar surface area (TPSA) is 0 Å². The van der Waals surface area contributed by atoms with Gasteiger partial charge in [-0.05, 0) is 11.1 Å². The predicted octanol–water partition coefficient (Wildman–Crippen LogP) is 5.45. The summed E-state index contributed by atoms with van der Waals surface area (Å²) in [6, 6.07) is 20.8. The molecule has 2 aromatic carbocycles. The largest absolute Gasteiger partial charge is 0.154 e. The van der Waals surface area contributed by atoms with Gasteiger partial charge >= 0.3 is 0 Å². The van der Waals surface area contributed by atoms with Gasteiger partial charge in [0.15, 0.2) is 0 Å². The van der Waals surface area contributed by atoms with Crippen molar-refractivity contribution in [2.24, 2.45) is 0 Å². The summed E-state index contributed by atoms with van der Waals surface area (Å²) in [5, 5.41) is 0. The summed E-state index contributed by atoms with van der Waals surface area (Å²) in [6.45, 7) is 7.15. The van der Waals surface area contributed by atoms with Crippen LogP contribution in [0.2, 0.25) is 0 Å². The molecule has 0 atom stereocenters. The summed E-state index contributed by atoms with van der Waals surface area (Å²) in [7, 11) is 0. The SMILES string of the molecule is C=CCSCC=C.c1ccc(-c2ccccc2)cc1. The number of hydrogen-bond acceptors (Lipinski definition) is 1. The van der Waals surface area contributed by atoms with Crippen molar-refractivity contribution in [3.05, 3.63) is 86.0 Å². The van der Waals surface area contributed by atoms with E-state index in [0.29, 0.717) is 0 Å². The fourth-order valence-electron chi connectivity index (χ4n) is 1.50. The molecule has 98 valence electrons. The van der Waals surface area contributed by atoms with E-state index in [9.17, 15) is 0 Å². The molecule has 0 radical (unpaired) electrons. The van der Waals surface area contributed by atoms with Crippen LogP contribution in [0.3, 0.4) is 0 Å². The molecule has 0 heterocycles. The van der Waals surface area contributed by atoms with Crippen LogP contribution in [0.5, 0.6) is 0 Å². The van der Waals surface area contributed by atoms with E-state index >= 15 is 0 Å². The van der Waals surface area contributed by atoms with Crippen molar-refractivity contribution < 1.29 is 0 Å². The Kier molecular flexibility index (Phi) is 8.24. The maximum Gasteiger partial charge on any atom is 0.0113 e. The molecule has 0 N–H and O–H groups in total. The summed E-state index contributed by atoms with van der Waals surface area (Å²) in [5.41, 5.74) is 2.55. The van der Waals surface area contributed by atoms with E-state index in [2.05, 4.69) is 61.7 Å². The van der Waals surface area contributed by atoms with Crippen molar-refractivity contribution in [2.75, 3.05) is 11.5 Å². The van der Waals surface area contributed by atoms with Crippen LogP contribution >= 0.6 is 11.8 Å². The summed E-state index contributed by atoms with van der Waals surface area (Å²) >= 11 is 1.82. The average Bonchev–Trinajstić information content (AvgIpc) is 2.50. The molecule has 0 aliphatic rings. The second-order valence-electron chi connectivity index (χ2n) is 3.85. The van der Waals surface area contributed by atoms with Crippen LogP contribution in [0.4, 0.5) is 0 Å². The third-order valence-electron chi connectivity index (χ3n) is 2.35. The Morgan fingerprint density at radius 1 is 0.684 bits per heavy atom. The molecule has 0 spiro atoms. The summed E-state index contributed by atoms with van der Waals surface area (Å²) in [4.78, 5) is 0. The minimum atomic E-state index is 1.03. The van der Waals surface area contributed by atoms with Gasteiger partial charge in [-0.2, -0.15) is 11.8 Å². The maximum absolute atomic E-state index is 3.58. The Morgan fingerprint density at radius 3 is 1.37 bits per heavy atom. The van der Waals surface area contributed by atoms with Gasteiger partial charge in [0.25, 0.3) is 0 Å². The molecule has 2 rings (SSSR count). The van der Waals surface area contributed by atoms with E-state index in [1.165, 1.54) is 11.1 Å². The Balaban J connectivity index is 0.000000224. The van der Waals surface area contributed by atoms with Gasteiger partial charge in [0, 0.05) is 11.5 Å². The molecule has 0 aliphatic heterocycles. The highest BCUT2D eigenvalue weighted by Crippen LogP contribution is 2.17. The second kappa shape index (κ2) is 10.2. The van der Waals surface area contributed by atoms with Crippen LogP contribution in [0, 0.1) is 0 Å². The standard InChI is InChI=1S/C12H10.C6H10S/c1-3-7-11(8-4-1)12-9-5-2-6-10-12;1-3-5-7-6-4-2/h1-10H;3-4H,1-2,5-6H2. The van der Waals surface area contributed by atoms with Crippen molar-refractivity contribution in [1.29, 1.82) is 0 Å². The molecular formula is C18H20S. The van der Waals surface area contributed by atoms with Gasteiger partial charge < -0.3 is 0 Å². The fraction of sp³-hybridized carbons (Fsp3) is 0.111. The molecule has 0 bridgehead atoms. The molecule has 0 amide bonds. The molecular weight excluding hydrogens is 248 g/mol. The van der Waals surface area contributed by atoms with Gasteiger partial charge in [-0.3, -0.25) is 0 Å². The first-order valence-corrected chi connectivity index (χ1v) is 7.44. The smallest absolute Gasteiger partial charge is 0.0113 e. The zero-order chi connectivity index (χ0) is 13.8. The third-order valence-corrected chi connectivity index (χ3v) is 3.30. The number of rotatable bonds is 5.